The zero-order valence-electron chi connectivity index (χ0n) is 34.2. The highest BCUT2D eigenvalue weighted by Gasteiger charge is 2.30. The second kappa shape index (κ2) is 18.4. The predicted molar refractivity (Wildman–Crippen MR) is 231 cm³/mol. The van der Waals surface area contributed by atoms with Gasteiger partial charge in [-0.05, 0) is 68.6 Å². The summed E-state index contributed by atoms with van der Waals surface area (Å²) in [5.74, 6) is -3.12. The summed E-state index contributed by atoms with van der Waals surface area (Å²) < 4.78 is 50.3. The van der Waals surface area contributed by atoms with Gasteiger partial charge in [-0.15, -0.1) is 0 Å². The fourth-order valence-electron chi connectivity index (χ4n) is 7.94. The van der Waals surface area contributed by atoms with Crippen LogP contribution in [0.5, 0.6) is 0 Å². The molecule has 3 fully saturated rings. The lowest BCUT2D eigenvalue weighted by Crippen LogP contribution is -2.49. The van der Waals surface area contributed by atoms with Gasteiger partial charge in [0, 0.05) is 123 Å². The van der Waals surface area contributed by atoms with E-state index < -0.39 is 40.7 Å². The molecule has 62 heavy (non-hydrogen) atoms. The smallest absolute Gasteiger partial charge is 0.249 e. The van der Waals surface area contributed by atoms with Gasteiger partial charge < -0.3 is 29.7 Å². The molecule has 3 saturated heterocycles. The number of ketones is 1. The number of amides is 3. The summed E-state index contributed by atoms with van der Waals surface area (Å²) in [5.41, 5.74) is 1.95. The monoisotopic (exact) mass is 869 g/mol. The van der Waals surface area contributed by atoms with Crippen molar-refractivity contribution in [2.75, 3.05) is 72.7 Å². The maximum absolute atomic E-state index is 15.5. The molecule has 324 valence electrons. The number of benzene rings is 2. The number of nitrogens with one attached hydrogen (secondary N) is 4. The summed E-state index contributed by atoms with van der Waals surface area (Å²) >= 11 is 1.13. The topological polar surface area (TPSA) is 172 Å². The molecule has 3 aliphatic heterocycles. The average Bonchev–Trinajstić information content (AvgIpc) is 3.71. The Morgan fingerprint density at radius 3 is 2.34 bits per heavy atom. The maximum atomic E-state index is 15.5. The number of piperazine rings is 1. The van der Waals surface area contributed by atoms with Crippen molar-refractivity contribution in [2.45, 2.75) is 45.1 Å². The number of carbonyl (C=O) groups is 4. The average molecular weight is 870 g/mol. The summed E-state index contributed by atoms with van der Waals surface area (Å²) in [4.78, 5) is 73.0. The molecule has 2 aromatic carbocycles. The van der Waals surface area contributed by atoms with E-state index in [0.29, 0.717) is 98.1 Å². The van der Waals surface area contributed by atoms with Gasteiger partial charge in [0.25, 0.3) is 0 Å². The molecule has 4 N–H and O–H groups in total. The van der Waals surface area contributed by atoms with Crippen LogP contribution in [0.4, 0.5) is 36.2 Å². The predicted octanol–water partition coefficient (Wildman–Crippen LogP) is 5.77. The number of anilines is 4. The van der Waals surface area contributed by atoms with Gasteiger partial charge in [0.1, 0.15) is 23.3 Å². The molecule has 3 aromatic heterocycles. The molecular weight excluding hydrogens is 824 g/mol. The van der Waals surface area contributed by atoms with Gasteiger partial charge in [0.2, 0.25) is 29.5 Å². The molecule has 1 atom stereocenters. The maximum Gasteiger partial charge on any atom is 0.249 e. The van der Waals surface area contributed by atoms with Crippen LogP contribution in [0.2, 0.25) is 0 Å². The van der Waals surface area contributed by atoms with E-state index in [-0.39, 0.29) is 35.4 Å². The molecule has 0 spiro atoms. The van der Waals surface area contributed by atoms with Gasteiger partial charge in [-0.3, -0.25) is 24.5 Å². The van der Waals surface area contributed by atoms with E-state index in [9.17, 15) is 23.6 Å². The second-order valence-corrected chi connectivity index (χ2v) is 16.7. The number of piperidine rings is 2. The molecule has 19 heteroatoms. The first-order valence-corrected chi connectivity index (χ1v) is 21.4. The van der Waals surface area contributed by atoms with E-state index >= 15 is 8.78 Å². The molecule has 15 nitrogen and oxygen atoms in total. The first-order valence-electron chi connectivity index (χ1n) is 20.6. The van der Waals surface area contributed by atoms with Crippen molar-refractivity contribution in [2.24, 2.45) is 5.92 Å². The van der Waals surface area contributed by atoms with Gasteiger partial charge in [-0.2, -0.15) is 0 Å². The lowest BCUT2D eigenvalue weighted by molar-refractivity contribution is -0.134. The zero-order valence-corrected chi connectivity index (χ0v) is 35.0. The second-order valence-electron chi connectivity index (χ2n) is 15.7. The molecule has 1 unspecified atom stereocenters. The first-order chi connectivity index (χ1) is 29.9. The standard InChI is InChI=1S/C43H46F3N11O4S/c1-3-54(2)62-53-33-6-5-31(44)38(39(33)46)40(60)30-24-48-41-29(30)19-26(21-47-41)27-22-49-43(50-23-27)57-16-14-56(15-17-57)37(59)18-25-10-12-55(13-11-25)35-8-4-28(20-32(35)45)51-34-7-9-36(58)52-42(34)61/h4-6,8,19-25,34,51,53H,3,7,9-18H2,1-2H3,(H,47,48)(H,52,58,61). The minimum Gasteiger partial charge on any atom is -0.374 e. The van der Waals surface area contributed by atoms with Gasteiger partial charge in [-0.1, -0.05) is 6.92 Å². The first kappa shape index (κ1) is 42.5. The van der Waals surface area contributed by atoms with Gasteiger partial charge in [0.15, 0.2) is 5.82 Å². The van der Waals surface area contributed by atoms with E-state index in [1.54, 1.807) is 36.8 Å². The van der Waals surface area contributed by atoms with Gasteiger partial charge in [-0.25, -0.2) is 32.4 Å². The molecule has 8 rings (SSSR count). The zero-order chi connectivity index (χ0) is 43.5. The molecule has 0 aliphatic carbocycles. The van der Waals surface area contributed by atoms with Crippen LogP contribution in [0.15, 0.2) is 61.2 Å². The van der Waals surface area contributed by atoms with Crippen molar-refractivity contribution in [3.8, 4) is 11.1 Å². The van der Waals surface area contributed by atoms with E-state index in [1.807, 2.05) is 33.0 Å². The number of hydrogen-bond acceptors (Lipinski definition) is 13. The van der Waals surface area contributed by atoms with E-state index in [1.165, 1.54) is 18.3 Å². The molecule has 0 radical (unpaired) electrons. The Bertz CT molecular complexity index is 2490. The largest absolute Gasteiger partial charge is 0.374 e. The van der Waals surface area contributed by atoms with Gasteiger partial charge in [0.05, 0.1) is 16.9 Å². The van der Waals surface area contributed by atoms with Crippen molar-refractivity contribution < 1.29 is 32.3 Å². The number of imide groups is 1. The minimum atomic E-state index is -0.987. The van der Waals surface area contributed by atoms with E-state index in [0.717, 1.165) is 31.0 Å². The fourth-order valence-corrected chi connectivity index (χ4v) is 8.48. The van der Waals surface area contributed by atoms with Crippen molar-refractivity contribution in [1.29, 1.82) is 0 Å². The Morgan fingerprint density at radius 1 is 0.887 bits per heavy atom. The third-order valence-electron chi connectivity index (χ3n) is 11.7. The number of pyridine rings is 1. The quantitative estimate of drug-likeness (QED) is 0.0640. The third-order valence-corrected chi connectivity index (χ3v) is 12.6. The summed E-state index contributed by atoms with van der Waals surface area (Å²) in [6.45, 7) is 5.99. The van der Waals surface area contributed by atoms with Crippen LogP contribution in [-0.4, -0.2) is 112 Å². The number of aromatic amines is 1. The summed E-state index contributed by atoms with van der Waals surface area (Å²) in [7, 11) is 1.81. The van der Waals surface area contributed by atoms with Gasteiger partial charge >= 0.3 is 0 Å². The lowest BCUT2D eigenvalue weighted by atomic mass is 9.92. The highest BCUT2D eigenvalue weighted by molar-refractivity contribution is 7.98. The van der Waals surface area contributed by atoms with Crippen molar-refractivity contribution in [3.63, 3.8) is 0 Å². The van der Waals surface area contributed by atoms with Crippen molar-refractivity contribution in [1.82, 2.24) is 34.5 Å². The van der Waals surface area contributed by atoms with Crippen LogP contribution in [0.3, 0.4) is 0 Å². The van der Waals surface area contributed by atoms with Crippen LogP contribution in [0.25, 0.3) is 22.2 Å². The highest BCUT2D eigenvalue weighted by atomic mass is 32.2. The number of halogens is 3. The SMILES string of the molecule is CCN(C)SNc1ccc(F)c(C(=O)c2c[nH]c3ncc(-c4cnc(N5CCN(C(=O)CC6CCN(c7ccc(NC8CCC(=O)NC8=O)cc7F)CC6)CC5)nc4)cc23)c1F. The molecule has 3 aliphatic rings. The molecule has 0 saturated carbocycles. The van der Waals surface area contributed by atoms with Crippen LogP contribution < -0.4 is 25.2 Å². The van der Waals surface area contributed by atoms with E-state index in [2.05, 4.69) is 35.3 Å². The summed E-state index contributed by atoms with van der Waals surface area (Å²) in [6.07, 6.45) is 8.82. The Labute approximate surface area is 360 Å². The summed E-state index contributed by atoms with van der Waals surface area (Å²) in [6, 6.07) is 8.25. The molecule has 6 heterocycles. The number of nitrogens with zero attached hydrogens (tertiary/aromatic N) is 7. The Kier molecular flexibility index (Phi) is 12.6. The number of fused-ring (bicyclic) bond motifs is 1. The van der Waals surface area contributed by atoms with Crippen molar-refractivity contribution in [3.05, 3.63) is 89.8 Å². The highest BCUT2D eigenvalue weighted by Crippen LogP contribution is 2.32. The van der Waals surface area contributed by atoms with Crippen LogP contribution in [0.1, 0.15) is 54.9 Å². The molecule has 0 bridgehead atoms. The number of aromatic nitrogens is 4. The molecule has 3 amide bonds. The Balaban J connectivity index is 0.828. The number of H-pyrrole nitrogens is 1. The van der Waals surface area contributed by atoms with Crippen LogP contribution in [0, 0.1) is 23.4 Å². The normalized spacial score (nSPS) is 17.5. The molecular formula is C43H46F3N11O4S. The lowest BCUT2D eigenvalue weighted by Gasteiger charge is -2.37. The fraction of sp³-hybridized carbons (Fsp3) is 0.372. The number of carbonyl (C=O) groups excluding carboxylic acids is 4. The minimum absolute atomic E-state index is 0.0128. The van der Waals surface area contributed by atoms with E-state index in [4.69, 9.17) is 0 Å². The Morgan fingerprint density at radius 2 is 1.63 bits per heavy atom. The Hall–Kier alpha value is -6.21. The van der Waals surface area contributed by atoms with Crippen LogP contribution in [-0.2, 0) is 14.4 Å². The number of hydrogen-bond donors (Lipinski definition) is 4. The molecule has 5 aromatic rings. The number of rotatable bonds is 13. The third kappa shape index (κ3) is 9.18. The van der Waals surface area contributed by atoms with Crippen molar-refractivity contribution >= 4 is 69.7 Å². The summed E-state index contributed by atoms with van der Waals surface area (Å²) in [5, 5.41) is 5.71. The van der Waals surface area contributed by atoms with Crippen LogP contribution >= 0.6 is 12.1 Å².